The fraction of sp³-hybridized carbons (Fsp3) is 0.444. The van der Waals surface area contributed by atoms with Gasteiger partial charge >= 0.3 is 0 Å². The molecule has 0 unspecified atom stereocenters. The van der Waals surface area contributed by atoms with Gasteiger partial charge in [0.05, 0.1) is 0 Å². The molecule has 1 amide bonds. The first-order valence-corrected chi connectivity index (χ1v) is 4.01. The van der Waals surface area contributed by atoms with Gasteiger partial charge in [0.2, 0.25) is 5.91 Å². The molecule has 1 rings (SSSR count). The Labute approximate surface area is 76.6 Å². The molecule has 0 aromatic rings. The average molecular weight is 183 g/mol. The van der Waals surface area contributed by atoms with E-state index in [0.717, 1.165) is 0 Å². The first kappa shape index (κ1) is 9.95. The highest BCUT2D eigenvalue weighted by atomic mass is 16.3. The molecule has 4 nitrogen and oxygen atoms in total. The maximum Gasteiger partial charge on any atom is 0.221 e. The molecule has 3 N–H and O–H groups in total. The van der Waals surface area contributed by atoms with Crippen molar-refractivity contribution in [1.82, 2.24) is 5.32 Å². The van der Waals surface area contributed by atoms with Gasteiger partial charge in [-0.2, -0.15) is 0 Å². The van der Waals surface area contributed by atoms with Crippen LogP contribution in [-0.4, -0.2) is 27.8 Å². The molecule has 0 saturated heterocycles. The predicted molar refractivity (Wildman–Crippen MR) is 47.7 cm³/mol. The van der Waals surface area contributed by atoms with Crippen molar-refractivity contribution in [2.24, 2.45) is 0 Å². The van der Waals surface area contributed by atoms with Crippen molar-refractivity contribution in [2.45, 2.75) is 25.6 Å². The van der Waals surface area contributed by atoms with E-state index in [1.54, 1.807) is 6.08 Å². The summed E-state index contributed by atoms with van der Waals surface area (Å²) in [5.74, 6) is -0.204. The van der Waals surface area contributed by atoms with Crippen molar-refractivity contribution >= 4 is 5.91 Å². The van der Waals surface area contributed by atoms with Gasteiger partial charge in [-0.25, -0.2) is 0 Å². The molecular weight excluding hydrogens is 170 g/mol. The van der Waals surface area contributed by atoms with Crippen LogP contribution < -0.4 is 5.32 Å². The Hall–Kier alpha value is -1.13. The molecule has 0 heterocycles. The molecule has 0 radical (unpaired) electrons. The standard InChI is InChI=1S/C9H13NO3/c1-6(11)10-7-3-4-9(2,13)8(12)5-7/h3-5,8,12-13H,1-2H3,(H,10,11)/t8-,9-/m0/s1. The molecule has 13 heavy (non-hydrogen) atoms. The zero-order valence-corrected chi connectivity index (χ0v) is 7.61. The summed E-state index contributed by atoms with van der Waals surface area (Å²) in [6.45, 7) is 2.88. The van der Waals surface area contributed by atoms with Crippen molar-refractivity contribution < 1.29 is 15.0 Å². The first-order valence-electron chi connectivity index (χ1n) is 4.01. The van der Waals surface area contributed by atoms with Gasteiger partial charge in [0.25, 0.3) is 0 Å². The lowest BCUT2D eigenvalue weighted by molar-refractivity contribution is -0.118. The fourth-order valence-electron chi connectivity index (χ4n) is 1.04. The number of carbonyl (C=O) groups is 1. The predicted octanol–water partition coefficient (Wildman–Crippen LogP) is -0.312. The Morgan fingerprint density at radius 1 is 1.69 bits per heavy atom. The van der Waals surface area contributed by atoms with Gasteiger partial charge in [0.15, 0.2) is 0 Å². The second-order valence-electron chi connectivity index (χ2n) is 3.31. The van der Waals surface area contributed by atoms with E-state index in [9.17, 15) is 15.0 Å². The van der Waals surface area contributed by atoms with Crippen molar-refractivity contribution in [3.63, 3.8) is 0 Å². The van der Waals surface area contributed by atoms with E-state index >= 15 is 0 Å². The summed E-state index contributed by atoms with van der Waals surface area (Å²) in [4.78, 5) is 10.7. The molecule has 1 aliphatic rings. The van der Waals surface area contributed by atoms with Crippen LogP contribution in [-0.2, 0) is 4.79 Å². The number of aliphatic hydroxyl groups excluding tert-OH is 1. The van der Waals surface area contributed by atoms with Gasteiger partial charge in [-0.05, 0) is 25.2 Å². The molecule has 0 fully saturated rings. The van der Waals surface area contributed by atoms with Crippen LogP contribution in [0.5, 0.6) is 0 Å². The Kier molecular flexibility index (Phi) is 2.54. The highest BCUT2D eigenvalue weighted by Crippen LogP contribution is 2.19. The summed E-state index contributed by atoms with van der Waals surface area (Å²) in [5.41, 5.74) is -0.742. The van der Waals surface area contributed by atoms with Gasteiger partial charge in [-0.3, -0.25) is 4.79 Å². The van der Waals surface area contributed by atoms with Crippen LogP contribution in [0.1, 0.15) is 13.8 Å². The van der Waals surface area contributed by atoms with Gasteiger partial charge in [0, 0.05) is 12.6 Å². The zero-order valence-electron chi connectivity index (χ0n) is 7.61. The van der Waals surface area contributed by atoms with Crippen molar-refractivity contribution in [3.05, 3.63) is 23.9 Å². The van der Waals surface area contributed by atoms with Crippen LogP contribution in [0.25, 0.3) is 0 Å². The summed E-state index contributed by atoms with van der Waals surface area (Å²) < 4.78 is 0. The molecule has 1 aliphatic carbocycles. The fourth-order valence-corrected chi connectivity index (χ4v) is 1.04. The lowest BCUT2D eigenvalue weighted by Crippen LogP contribution is -2.39. The van der Waals surface area contributed by atoms with Crippen LogP contribution in [0.3, 0.4) is 0 Å². The third-order valence-corrected chi connectivity index (χ3v) is 1.86. The summed E-state index contributed by atoms with van der Waals surface area (Å²) in [7, 11) is 0. The Balaban J connectivity index is 2.74. The molecular formula is C9H13NO3. The van der Waals surface area contributed by atoms with E-state index in [4.69, 9.17) is 0 Å². The Morgan fingerprint density at radius 2 is 2.31 bits per heavy atom. The van der Waals surface area contributed by atoms with Gasteiger partial charge in [0.1, 0.15) is 11.7 Å². The largest absolute Gasteiger partial charge is 0.386 e. The molecule has 0 saturated carbocycles. The van der Waals surface area contributed by atoms with Crippen LogP contribution in [0, 0.1) is 0 Å². The highest BCUT2D eigenvalue weighted by Gasteiger charge is 2.28. The Bertz CT molecular complexity index is 279. The number of amides is 1. The van der Waals surface area contributed by atoms with E-state index in [1.165, 1.54) is 26.0 Å². The summed E-state index contributed by atoms with van der Waals surface area (Å²) in [6, 6.07) is 0. The smallest absolute Gasteiger partial charge is 0.221 e. The maximum atomic E-state index is 10.7. The molecule has 0 aromatic carbocycles. The SMILES string of the molecule is CC(=O)NC1=C[C@H](O)[C@@](C)(O)C=C1. The monoisotopic (exact) mass is 183 g/mol. The second kappa shape index (κ2) is 3.32. The quantitative estimate of drug-likeness (QED) is 0.522. The van der Waals surface area contributed by atoms with E-state index in [1.807, 2.05) is 0 Å². The molecule has 0 aromatic heterocycles. The minimum atomic E-state index is -1.25. The molecule has 0 spiro atoms. The third kappa shape index (κ3) is 2.40. The number of carbonyl (C=O) groups excluding carboxylic acids is 1. The molecule has 0 aliphatic heterocycles. The minimum absolute atomic E-state index is 0.204. The van der Waals surface area contributed by atoms with Crippen molar-refractivity contribution in [2.75, 3.05) is 0 Å². The molecule has 4 heteroatoms. The van der Waals surface area contributed by atoms with Gasteiger partial charge in [-0.1, -0.05) is 0 Å². The topological polar surface area (TPSA) is 69.6 Å². The molecule has 2 atom stereocenters. The van der Waals surface area contributed by atoms with Crippen LogP contribution >= 0.6 is 0 Å². The number of aliphatic hydroxyl groups is 2. The minimum Gasteiger partial charge on any atom is -0.386 e. The lowest BCUT2D eigenvalue weighted by atomic mass is 9.93. The van der Waals surface area contributed by atoms with Gasteiger partial charge in [-0.15, -0.1) is 0 Å². The highest BCUT2D eigenvalue weighted by molar-refractivity contribution is 5.75. The van der Waals surface area contributed by atoms with E-state index in [-0.39, 0.29) is 5.91 Å². The number of hydrogen-bond acceptors (Lipinski definition) is 3. The van der Waals surface area contributed by atoms with Gasteiger partial charge < -0.3 is 15.5 Å². The number of rotatable bonds is 1. The first-order chi connectivity index (χ1) is 5.92. The maximum absolute atomic E-state index is 10.7. The second-order valence-corrected chi connectivity index (χ2v) is 3.31. The van der Waals surface area contributed by atoms with E-state index in [2.05, 4.69) is 5.32 Å². The number of hydrogen-bond donors (Lipinski definition) is 3. The summed E-state index contributed by atoms with van der Waals surface area (Å²) in [5, 5.41) is 21.4. The zero-order chi connectivity index (χ0) is 10.1. The number of nitrogens with one attached hydrogen (secondary N) is 1. The molecule has 0 bridgehead atoms. The summed E-state index contributed by atoms with van der Waals surface area (Å²) in [6.07, 6.45) is 3.43. The van der Waals surface area contributed by atoms with E-state index in [0.29, 0.717) is 5.70 Å². The van der Waals surface area contributed by atoms with Crippen molar-refractivity contribution in [3.8, 4) is 0 Å². The summed E-state index contributed by atoms with van der Waals surface area (Å²) >= 11 is 0. The van der Waals surface area contributed by atoms with Crippen molar-refractivity contribution in [1.29, 1.82) is 0 Å². The number of allylic oxidation sites excluding steroid dienone is 1. The third-order valence-electron chi connectivity index (χ3n) is 1.86. The van der Waals surface area contributed by atoms with Crippen LogP contribution in [0.15, 0.2) is 23.9 Å². The molecule has 72 valence electrons. The Morgan fingerprint density at radius 3 is 2.77 bits per heavy atom. The average Bonchev–Trinajstić information content (AvgIpc) is 1.97. The van der Waals surface area contributed by atoms with Crippen LogP contribution in [0.2, 0.25) is 0 Å². The normalized spacial score (nSPS) is 32.6. The van der Waals surface area contributed by atoms with Crippen LogP contribution in [0.4, 0.5) is 0 Å². The van der Waals surface area contributed by atoms with E-state index < -0.39 is 11.7 Å². The lowest BCUT2D eigenvalue weighted by Gasteiger charge is -2.27.